The predicted octanol–water partition coefficient (Wildman–Crippen LogP) is 4.36. The van der Waals surface area contributed by atoms with Crippen LogP contribution < -0.4 is 9.47 Å². The van der Waals surface area contributed by atoms with E-state index in [0.29, 0.717) is 31.4 Å². The lowest BCUT2D eigenvalue weighted by Gasteiger charge is -2.20. The number of aryl methyl sites for hydroxylation is 1. The highest BCUT2D eigenvalue weighted by atomic mass is 16.5. The van der Waals surface area contributed by atoms with E-state index in [-0.39, 0.29) is 26.4 Å². The van der Waals surface area contributed by atoms with Gasteiger partial charge in [0.1, 0.15) is 24.7 Å². The molecule has 2 unspecified atom stereocenters. The molecular weight excluding hydrogens is 432 g/mol. The Hall–Kier alpha value is -2.38. The molecule has 2 atom stereocenters. The van der Waals surface area contributed by atoms with E-state index < -0.39 is 12.2 Å². The maximum absolute atomic E-state index is 10.4. The van der Waals surface area contributed by atoms with Gasteiger partial charge in [0.2, 0.25) is 0 Å². The molecule has 0 aromatic heterocycles. The normalized spacial score (nSPS) is 13.3. The van der Waals surface area contributed by atoms with E-state index in [4.69, 9.17) is 19.7 Å². The number of hydrogen-bond donors (Lipinski definition) is 4. The van der Waals surface area contributed by atoms with Crippen LogP contribution in [0.3, 0.4) is 0 Å². The first kappa shape index (κ1) is 26.2. The molecule has 3 rings (SSSR count). The lowest BCUT2D eigenvalue weighted by Crippen LogP contribution is -2.18. The van der Waals surface area contributed by atoms with E-state index in [1.54, 1.807) is 0 Å². The van der Waals surface area contributed by atoms with Crippen LogP contribution >= 0.6 is 0 Å². The Bertz CT molecular complexity index is 1030. The van der Waals surface area contributed by atoms with Gasteiger partial charge in [-0.2, -0.15) is 0 Å². The van der Waals surface area contributed by atoms with Crippen LogP contribution in [0.1, 0.15) is 51.0 Å². The van der Waals surface area contributed by atoms with Gasteiger partial charge in [0.25, 0.3) is 0 Å². The smallest absolute Gasteiger partial charge is 0.135 e. The molecule has 6 heteroatoms. The maximum Gasteiger partial charge on any atom is 0.135 e. The second-order valence-electron chi connectivity index (χ2n) is 8.81. The molecule has 6 nitrogen and oxygen atoms in total. The van der Waals surface area contributed by atoms with Gasteiger partial charge in [0.05, 0.1) is 12.2 Å². The highest BCUT2D eigenvalue weighted by Crippen LogP contribution is 2.43. The van der Waals surface area contributed by atoms with Gasteiger partial charge < -0.3 is 29.9 Å². The van der Waals surface area contributed by atoms with Crippen LogP contribution in [-0.2, 0) is 6.42 Å². The number of aliphatic hydroxyl groups is 4. The van der Waals surface area contributed by atoms with Crippen LogP contribution in [0.4, 0.5) is 0 Å². The fourth-order valence-corrected chi connectivity index (χ4v) is 4.19. The maximum atomic E-state index is 10.4. The lowest BCUT2D eigenvalue weighted by molar-refractivity contribution is 0.0963. The van der Waals surface area contributed by atoms with Crippen molar-refractivity contribution in [2.75, 3.05) is 26.4 Å². The zero-order valence-corrected chi connectivity index (χ0v) is 20.1. The summed E-state index contributed by atoms with van der Waals surface area (Å²) in [6, 6.07) is 14.1. The molecule has 186 valence electrons. The Labute approximate surface area is 201 Å². The Morgan fingerprint density at radius 3 is 1.68 bits per heavy atom. The number of unbranched alkanes of at least 4 members (excludes halogenated alkanes) is 2. The summed E-state index contributed by atoms with van der Waals surface area (Å²) in [4.78, 5) is 0. The number of aliphatic hydroxyl groups excluding tert-OH is 4. The Kier molecular flexibility index (Phi) is 10.4. The molecule has 34 heavy (non-hydrogen) atoms. The number of benzene rings is 3. The van der Waals surface area contributed by atoms with Crippen LogP contribution in [0.5, 0.6) is 11.5 Å². The van der Waals surface area contributed by atoms with Gasteiger partial charge in [-0.1, -0.05) is 43.3 Å². The summed E-state index contributed by atoms with van der Waals surface area (Å²) in [6.07, 6.45) is 3.64. The van der Waals surface area contributed by atoms with Gasteiger partial charge in [-0.25, -0.2) is 0 Å². The van der Waals surface area contributed by atoms with E-state index in [2.05, 4.69) is 19.1 Å². The van der Waals surface area contributed by atoms with Crippen LogP contribution in [0.15, 0.2) is 42.5 Å². The summed E-state index contributed by atoms with van der Waals surface area (Å²) in [7, 11) is 0. The molecule has 0 radical (unpaired) electrons. The second-order valence-corrected chi connectivity index (χ2v) is 8.81. The standard InChI is InChI=1S/C28H38O6/c1-2-20-13-14-25-26(17-20)28(34-19-22(32)10-6-8-16-30)24-12-4-3-11-23(24)27(25)33-18-21(31)9-5-7-15-29/h3-4,11-14,17,21-22,29-32H,2,5-10,15-16,18-19H2,1H3. The predicted molar refractivity (Wildman–Crippen MR) is 136 cm³/mol. The van der Waals surface area contributed by atoms with Gasteiger partial charge in [-0.3, -0.25) is 0 Å². The summed E-state index contributed by atoms with van der Waals surface area (Å²) in [5, 5.41) is 42.3. The van der Waals surface area contributed by atoms with E-state index >= 15 is 0 Å². The molecule has 0 spiro atoms. The van der Waals surface area contributed by atoms with E-state index in [0.717, 1.165) is 46.6 Å². The van der Waals surface area contributed by atoms with Crippen molar-refractivity contribution in [1.82, 2.24) is 0 Å². The molecule has 0 saturated carbocycles. The van der Waals surface area contributed by atoms with Crippen molar-refractivity contribution < 1.29 is 29.9 Å². The average Bonchev–Trinajstić information content (AvgIpc) is 2.86. The van der Waals surface area contributed by atoms with Gasteiger partial charge in [0.15, 0.2) is 0 Å². The monoisotopic (exact) mass is 470 g/mol. The first-order valence-corrected chi connectivity index (χ1v) is 12.4. The Morgan fingerprint density at radius 1 is 0.676 bits per heavy atom. The molecule has 4 N–H and O–H groups in total. The zero-order chi connectivity index (χ0) is 24.3. The second kappa shape index (κ2) is 13.5. The fraction of sp³-hybridized carbons (Fsp3) is 0.500. The lowest BCUT2D eigenvalue weighted by atomic mass is 9.98. The minimum atomic E-state index is -0.611. The number of rotatable bonds is 15. The molecule has 0 aliphatic carbocycles. The van der Waals surface area contributed by atoms with Crippen LogP contribution in [-0.4, -0.2) is 59.1 Å². The van der Waals surface area contributed by atoms with Crippen molar-refractivity contribution in [2.24, 2.45) is 0 Å². The summed E-state index contributed by atoms with van der Waals surface area (Å²) in [5.41, 5.74) is 1.17. The van der Waals surface area contributed by atoms with E-state index in [9.17, 15) is 10.2 Å². The fourth-order valence-electron chi connectivity index (χ4n) is 4.19. The zero-order valence-electron chi connectivity index (χ0n) is 20.1. The van der Waals surface area contributed by atoms with Crippen LogP contribution in [0.25, 0.3) is 21.5 Å². The number of fused-ring (bicyclic) bond motifs is 2. The van der Waals surface area contributed by atoms with E-state index in [1.165, 1.54) is 5.56 Å². The van der Waals surface area contributed by atoms with Gasteiger partial charge in [0, 0.05) is 34.8 Å². The molecule has 3 aromatic rings. The molecule has 0 aliphatic rings. The van der Waals surface area contributed by atoms with Crippen molar-refractivity contribution in [3.8, 4) is 11.5 Å². The van der Waals surface area contributed by atoms with Crippen molar-refractivity contribution in [3.63, 3.8) is 0 Å². The highest BCUT2D eigenvalue weighted by Gasteiger charge is 2.18. The summed E-state index contributed by atoms with van der Waals surface area (Å²) >= 11 is 0. The van der Waals surface area contributed by atoms with Crippen molar-refractivity contribution >= 4 is 21.5 Å². The Morgan fingerprint density at radius 2 is 1.18 bits per heavy atom. The number of ether oxygens (including phenoxy) is 2. The van der Waals surface area contributed by atoms with E-state index in [1.807, 2.05) is 30.3 Å². The molecule has 3 aromatic carbocycles. The van der Waals surface area contributed by atoms with Crippen LogP contribution in [0, 0.1) is 0 Å². The van der Waals surface area contributed by atoms with Crippen molar-refractivity contribution in [2.45, 2.75) is 64.1 Å². The van der Waals surface area contributed by atoms with Crippen molar-refractivity contribution in [3.05, 3.63) is 48.0 Å². The third kappa shape index (κ3) is 6.83. The average molecular weight is 471 g/mol. The molecule has 0 aliphatic heterocycles. The quantitative estimate of drug-likeness (QED) is 0.195. The van der Waals surface area contributed by atoms with Crippen molar-refractivity contribution in [1.29, 1.82) is 0 Å². The first-order chi connectivity index (χ1) is 16.6. The summed E-state index contributed by atoms with van der Waals surface area (Å²) in [5.74, 6) is 1.43. The first-order valence-electron chi connectivity index (χ1n) is 12.4. The number of hydrogen-bond acceptors (Lipinski definition) is 6. The molecule has 0 saturated heterocycles. The SMILES string of the molecule is CCc1ccc2c(OCC(O)CCCCO)c3ccccc3c(OCC(O)CCCCO)c2c1. The highest BCUT2D eigenvalue weighted by molar-refractivity contribution is 6.11. The minimum Gasteiger partial charge on any atom is -0.490 e. The minimum absolute atomic E-state index is 0.125. The third-order valence-corrected chi connectivity index (χ3v) is 6.13. The molecule has 0 heterocycles. The molecule has 0 amide bonds. The van der Waals surface area contributed by atoms with Gasteiger partial charge in [-0.05, 0) is 56.6 Å². The third-order valence-electron chi connectivity index (χ3n) is 6.13. The van der Waals surface area contributed by atoms with Gasteiger partial charge >= 0.3 is 0 Å². The molecular formula is C28H38O6. The molecule has 0 bridgehead atoms. The van der Waals surface area contributed by atoms with Crippen LogP contribution in [0.2, 0.25) is 0 Å². The largest absolute Gasteiger partial charge is 0.490 e. The summed E-state index contributed by atoms with van der Waals surface area (Å²) in [6.45, 7) is 2.70. The van der Waals surface area contributed by atoms with Gasteiger partial charge in [-0.15, -0.1) is 0 Å². The molecule has 0 fully saturated rings. The Balaban J connectivity index is 1.95. The summed E-state index contributed by atoms with van der Waals surface area (Å²) < 4.78 is 12.4. The topological polar surface area (TPSA) is 99.4 Å².